The van der Waals surface area contributed by atoms with E-state index in [0.717, 1.165) is 18.4 Å². The van der Waals surface area contributed by atoms with Crippen molar-refractivity contribution in [3.05, 3.63) is 60.2 Å². The van der Waals surface area contributed by atoms with Gasteiger partial charge in [-0.25, -0.2) is 0 Å². The monoisotopic (exact) mass is 272 g/mol. The van der Waals surface area contributed by atoms with Crippen LogP contribution in [0.5, 0.6) is 0 Å². The van der Waals surface area contributed by atoms with Crippen molar-refractivity contribution in [3.8, 4) is 0 Å². The van der Waals surface area contributed by atoms with E-state index in [9.17, 15) is 4.79 Å². The normalized spacial score (nSPS) is 12.8. The van der Waals surface area contributed by atoms with Crippen molar-refractivity contribution in [3.63, 3.8) is 0 Å². The van der Waals surface area contributed by atoms with Gasteiger partial charge in [0.1, 0.15) is 0 Å². The highest BCUT2D eigenvalue weighted by molar-refractivity contribution is 5.72. The molecule has 0 aliphatic heterocycles. The van der Waals surface area contributed by atoms with E-state index in [1.807, 2.05) is 36.4 Å². The summed E-state index contributed by atoms with van der Waals surface area (Å²) in [4.78, 5) is 11.7. The van der Waals surface area contributed by atoms with E-state index in [0.29, 0.717) is 13.0 Å². The van der Waals surface area contributed by atoms with Gasteiger partial charge >= 0.3 is 5.97 Å². The molecule has 0 aromatic heterocycles. The summed E-state index contributed by atoms with van der Waals surface area (Å²) in [5, 5.41) is 0. The van der Waals surface area contributed by atoms with Gasteiger partial charge in [-0.1, -0.05) is 55.0 Å². The molecular formula is C18H24O2. The summed E-state index contributed by atoms with van der Waals surface area (Å²) in [6.07, 6.45) is 6.42. The Morgan fingerprint density at radius 3 is 2.65 bits per heavy atom. The molecule has 0 N–H and O–H groups in total. The number of carbonyl (C=O) groups is 1. The molecule has 0 fully saturated rings. The van der Waals surface area contributed by atoms with Crippen molar-refractivity contribution in [2.75, 3.05) is 6.61 Å². The van der Waals surface area contributed by atoms with Crippen LogP contribution in [0.2, 0.25) is 0 Å². The second-order valence-electron chi connectivity index (χ2n) is 5.06. The number of allylic oxidation sites excluding steroid dienone is 2. The first kappa shape index (κ1) is 16.2. The molecule has 2 heteroatoms. The van der Waals surface area contributed by atoms with Crippen LogP contribution in [-0.4, -0.2) is 12.6 Å². The fourth-order valence-electron chi connectivity index (χ4n) is 1.79. The predicted molar refractivity (Wildman–Crippen MR) is 83.5 cm³/mol. The van der Waals surface area contributed by atoms with Crippen molar-refractivity contribution >= 4 is 5.97 Å². The van der Waals surface area contributed by atoms with E-state index >= 15 is 0 Å². The Morgan fingerprint density at radius 2 is 2.00 bits per heavy atom. The number of rotatable bonds is 8. The molecule has 1 aromatic carbocycles. The average Bonchev–Trinajstić information content (AvgIpc) is 2.46. The summed E-state index contributed by atoms with van der Waals surface area (Å²) >= 11 is 0. The van der Waals surface area contributed by atoms with E-state index in [4.69, 9.17) is 4.74 Å². The molecule has 0 amide bonds. The fourth-order valence-corrected chi connectivity index (χ4v) is 1.79. The van der Waals surface area contributed by atoms with Crippen LogP contribution in [0.1, 0.15) is 32.3 Å². The quantitative estimate of drug-likeness (QED) is 0.400. The Hall–Kier alpha value is -1.83. The van der Waals surface area contributed by atoms with Crippen molar-refractivity contribution in [1.29, 1.82) is 0 Å². The maximum Gasteiger partial charge on any atom is 0.310 e. The van der Waals surface area contributed by atoms with E-state index < -0.39 is 0 Å². The molecule has 1 unspecified atom stereocenters. The molecule has 1 aromatic rings. The second-order valence-corrected chi connectivity index (χ2v) is 5.06. The molecule has 20 heavy (non-hydrogen) atoms. The Kier molecular flexibility index (Phi) is 7.41. The molecule has 0 spiro atoms. The topological polar surface area (TPSA) is 26.3 Å². The lowest BCUT2D eigenvalue weighted by Gasteiger charge is -2.13. The number of hydrogen-bond donors (Lipinski definition) is 0. The molecule has 2 nitrogen and oxygen atoms in total. The van der Waals surface area contributed by atoms with E-state index in [1.165, 1.54) is 5.57 Å². The van der Waals surface area contributed by atoms with E-state index in [-0.39, 0.29) is 11.9 Å². The van der Waals surface area contributed by atoms with Gasteiger partial charge in [0.25, 0.3) is 0 Å². The Labute approximate surface area is 122 Å². The second kappa shape index (κ2) is 9.13. The Morgan fingerprint density at radius 1 is 1.30 bits per heavy atom. The largest absolute Gasteiger partial charge is 0.465 e. The highest BCUT2D eigenvalue weighted by Crippen LogP contribution is 2.12. The Bertz CT molecular complexity index is 446. The maximum absolute atomic E-state index is 11.7. The first-order chi connectivity index (χ1) is 9.63. The van der Waals surface area contributed by atoms with Gasteiger partial charge in [-0.05, 0) is 25.3 Å². The SMILES string of the molecule is C=CCC/C=C(\C)C(C)COC(=O)Cc1ccccc1. The van der Waals surface area contributed by atoms with Gasteiger partial charge in [0.2, 0.25) is 0 Å². The van der Waals surface area contributed by atoms with Crippen LogP contribution in [0, 0.1) is 5.92 Å². The standard InChI is InChI=1S/C18H24O2/c1-4-5-7-10-15(2)16(3)14-20-18(19)13-17-11-8-6-9-12-17/h4,6,8-12,16H,1,5,7,13-14H2,2-3H3/b15-10+. The van der Waals surface area contributed by atoms with Crippen molar-refractivity contribution < 1.29 is 9.53 Å². The van der Waals surface area contributed by atoms with E-state index in [1.54, 1.807) is 0 Å². The van der Waals surface area contributed by atoms with Crippen LogP contribution in [0.15, 0.2) is 54.6 Å². The van der Waals surface area contributed by atoms with Gasteiger partial charge in [0, 0.05) is 5.92 Å². The summed E-state index contributed by atoms with van der Waals surface area (Å²) < 4.78 is 5.34. The molecule has 0 saturated carbocycles. The third-order valence-corrected chi connectivity index (χ3v) is 3.30. The van der Waals surface area contributed by atoms with Gasteiger partial charge in [-0.15, -0.1) is 6.58 Å². The van der Waals surface area contributed by atoms with Crippen LogP contribution in [-0.2, 0) is 16.0 Å². The third kappa shape index (κ3) is 6.37. The van der Waals surface area contributed by atoms with Gasteiger partial charge in [-0.3, -0.25) is 4.79 Å². The minimum atomic E-state index is -0.165. The van der Waals surface area contributed by atoms with Crippen LogP contribution in [0.3, 0.4) is 0 Å². The number of benzene rings is 1. The zero-order valence-corrected chi connectivity index (χ0v) is 12.5. The van der Waals surface area contributed by atoms with E-state index in [2.05, 4.69) is 26.5 Å². The molecule has 0 bridgehead atoms. The number of hydrogen-bond acceptors (Lipinski definition) is 2. The average molecular weight is 272 g/mol. The zero-order valence-electron chi connectivity index (χ0n) is 12.5. The molecule has 1 atom stereocenters. The molecule has 0 aliphatic rings. The minimum absolute atomic E-state index is 0.165. The lowest BCUT2D eigenvalue weighted by Crippen LogP contribution is -2.14. The lowest BCUT2D eigenvalue weighted by molar-refractivity contribution is -0.143. The number of unbranched alkanes of at least 4 members (excludes halogenated alkanes) is 1. The van der Waals surface area contributed by atoms with Crippen LogP contribution in [0.25, 0.3) is 0 Å². The van der Waals surface area contributed by atoms with Crippen molar-refractivity contribution in [1.82, 2.24) is 0 Å². The highest BCUT2D eigenvalue weighted by Gasteiger charge is 2.09. The number of esters is 1. The summed E-state index contributed by atoms with van der Waals surface area (Å²) in [5.41, 5.74) is 2.25. The summed E-state index contributed by atoms with van der Waals surface area (Å²) in [6, 6.07) is 9.67. The number of ether oxygens (including phenoxy) is 1. The summed E-state index contributed by atoms with van der Waals surface area (Å²) in [7, 11) is 0. The minimum Gasteiger partial charge on any atom is -0.465 e. The molecule has 0 radical (unpaired) electrons. The molecule has 1 rings (SSSR count). The van der Waals surface area contributed by atoms with Gasteiger partial charge < -0.3 is 4.74 Å². The van der Waals surface area contributed by atoms with Crippen molar-refractivity contribution in [2.45, 2.75) is 33.1 Å². The van der Waals surface area contributed by atoms with Crippen LogP contribution in [0.4, 0.5) is 0 Å². The fraction of sp³-hybridized carbons (Fsp3) is 0.389. The molecule has 0 heterocycles. The molecule has 0 saturated heterocycles. The predicted octanol–water partition coefficient (Wildman–Crippen LogP) is 4.32. The third-order valence-electron chi connectivity index (χ3n) is 3.30. The summed E-state index contributed by atoms with van der Waals surface area (Å²) in [5.74, 6) is 0.0986. The van der Waals surface area contributed by atoms with Gasteiger partial charge in [0.15, 0.2) is 0 Å². The highest BCUT2D eigenvalue weighted by atomic mass is 16.5. The Balaban J connectivity index is 2.33. The molecule has 0 aliphatic carbocycles. The summed E-state index contributed by atoms with van der Waals surface area (Å²) in [6.45, 7) is 8.31. The first-order valence-electron chi connectivity index (χ1n) is 7.10. The van der Waals surface area contributed by atoms with Crippen LogP contribution >= 0.6 is 0 Å². The van der Waals surface area contributed by atoms with Gasteiger partial charge in [-0.2, -0.15) is 0 Å². The first-order valence-corrected chi connectivity index (χ1v) is 7.10. The maximum atomic E-state index is 11.7. The lowest BCUT2D eigenvalue weighted by atomic mass is 10.0. The van der Waals surface area contributed by atoms with Crippen LogP contribution < -0.4 is 0 Å². The van der Waals surface area contributed by atoms with Gasteiger partial charge in [0.05, 0.1) is 13.0 Å². The van der Waals surface area contributed by atoms with Crippen molar-refractivity contribution in [2.24, 2.45) is 5.92 Å². The smallest absolute Gasteiger partial charge is 0.310 e. The molecular weight excluding hydrogens is 248 g/mol. The molecule has 108 valence electrons. The zero-order chi connectivity index (χ0) is 14.8. The number of carbonyl (C=O) groups excluding carboxylic acids is 1.